The lowest BCUT2D eigenvalue weighted by Gasteiger charge is -2.21. The van der Waals surface area contributed by atoms with Gasteiger partial charge < -0.3 is 10.1 Å². The van der Waals surface area contributed by atoms with Crippen LogP contribution in [0.2, 0.25) is 0 Å². The van der Waals surface area contributed by atoms with Gasteiger partial charge in [-0.05, 0) is 31.9 Å². The molecule has 2 atom stereocenters. The van der Waals surface area contributed by atoms with Crippen molar-refractivity contribution in [1.82, 2.24) is 5.32 Å². The van der Waals surface area contributed by atoms with Gasteiger partial charge in [0, 0.05) is 17.5 Å². The molecule has 0 bridgehead atoms. The Hall–Kier alpha value is -1.02. The highest BCUT2D eigenvalue weighted by Crippen LogP contribution is 2.57. The third kappa shape index (κ3) is 2.26. The van der Waals surface area contributed by atoms with Gasteiger partial charge in [0.05, 0.1) is 7.11 Å². The number of aryl methyl sites for hydroxylation is 1. The molecule has 100 valence electrons. The molecular weight excluding hydrogens is 222 g/mol. The van der Waals surface area contributed by atoms with Crippen molar-refractivity contribution in [3.8, 4) is 5.75 Å². The molecule has 1 aliphatic rings. The van der Waals surface area contributed by atoms with Crippen LogP contribution in [-0.4, -0.2) is 20.2 Å². The zero-order chi connectivity index (χ0) is 13.2. The molecule has 0 radical (unpaired) electrons. The van der Waals surface area contributed by atoms with Crippen molar-refractivity contribution in [3.05, 3.63) is 29.3 Å². The summed E-state index contributed by atoms with van der Waals surface area (Å²) in [6, 6.07) is 6.56. The smallest absolute Gasteiger partial charge is 0.122 e. The second-order valence-electron chi connectivity index (χ2n) is 5.45. The van der Waals surface area contributed by atoms with Crippen LogP contribution < -0.4 is 10.1 Å². The van der Waals surface area contributed by atoms with E-state index in [0.717, 1.165) is 24.8 Å². The minimum Gasteiger partial charge on any atom is -0.496 e. The number of hydrogen-bond donors (Lipinski definition) is 1. The number of nitrogens with one attached hydrogen (secondary N) is 1. The lowest BCUT2D eigenvalue weighted by atomic mass is 9.90. The Morgan fingerprint density at radius 2 is 2.17 bits per heavy atom. The normalized spacial score (nSPS) is 26.1. The van der Waals surface area contributed by atoms with E-state index in [2.05, 4.69) is 44.3 Å². The molecule has 0 spiro atoms. The first-order valence-electron chi connectivity index (χ1n) is 7.03. The predicted octanol–water partition coefficient (Wildman–Crippen LogP) is 3.28. The number of hydrogen-bond acceptors (Lipinski definition) is 2. The zero-order valence-corrected chi connectivity index (χ0v) is 12.0. The Labute approximate surface area is 111 Å². The molecule has 18 heavy (non-hydrogen) atoms. The second-order valence-corrected chi connectivity index (χ2v) is 5.45. The van der Waals surface area contributed by atoms with Crippen LogP contribution in [0.15, 0.2) is 18.2 Å². The Kier molecular flexibility index (Phi) is 3.96. The maximum atomic E-state index is 5.57. The highest BCUT2D eigenvalue weighted by Gasteiger charge is 2.54. The van der Waals surface area contributed by atoms with Crippen molar-refractivity contribution in [2.75, 3.05) is 20.2 Å². The molecule has 0 aliphatic heterocycles. The minimum absolute atomic E-state index is 0.308. The van der Waals surface area contributed by atoms with Gasteiger partial charge in [-0.3, -0.25) is 0 Å². The first kappa shape index (κ1) is 13.4. The average Bonchev–Trinajstić information content (AvgIpc) is 3.11. The van der Waals surface area contributed by atoms with Crippen molar-refractivity contribution in [3.63, 3.8) is 0 Å². The molecule has 2 unspecified atom stereocenters. The second kappa shape index (κ2) is 5.31. The van der Waals surface area contributed by atoms with Gasteiger partial charge in [0.2, 0.25) is 0 Å². The van der Waals surface area contributed by atoms with Crippen molar-refractivity contribution < 1.29 is 4.74 Å². The Morgan fingerprint density at radius 1 is 1.39 bits per heavy atom. The largest absolute Gasteiger partial charge is 0.496 e. The van der Waals surface area contributed by atoms with Gasteiger partial charge in [-0.25, -0.2) is 0 Å². The fraction of sp³-hybridized carbons (Fsp3) is 0.625. The Morgan fingerprint density at radius 3 is 2.72 bits per heavy atom. The van der Waals surface area contributed by atoms with Gasteiger partial charge in [0.15, 0.2) is 0 Å². The lowest BCUT2D eigenvalue weighted by molar-refractivity contribution is 0.398. The van der Waals surface area contributed by atoms with E-state index < -0.39 is 0 Å². The summed E-state index contributed by atoms with van der Waals surface area (Å²) >= 11 is 0. The van der Waals surface area contributed by atoms with E-state index in [1.807, 2.05) is 0 Å². The molecule has 1 fully saturated rings. The fourth-order valence-electron chi connectivity index (χ4n) is 3.12. The molecule has 2 rings (SSSR count). The predicted molar refractivity (Wildman–Crippen MR) is 76.4 cm³/mol. The Bertz CT molecular complexity index is 416. The summed E-state index contributed by atoms with van der Waals surface area (Å²) in [4.78, 5) is 0. The molecule has 2 nitrogen and oxygen atoms in total. The first-order chi connectivity index (χ1) is 8.67. The number of benzene rings is 1. The highest BCUT2D eigenvalue weighted by molar-refractivity contribution is 5.47. The number of likely N-dealkylation sites (N-methyl/N-ethyl adjacent to an activating group) is 1. The monoisotopic (exact) mass is 247 g/mol. The maximum Gasteiger partial charge on any atom is 0.122 e. The molecule has 1 aliphatic carbocycles. The van der Waals surface area contributed by atoms with Gasteiger partial charge in [-0.2, -0.15) is 0 Å². The molecule has 1 aromatic carbocycles. The summed E-state index contributed by atoms with van der Waals surface area (Å²) in [5, 5.41) is 3.53. The van der Waals surface area contributed by atoms with Crippen molar-refractivity contribution in [2.45, 2.75) is 39.0 Å². The van der Waals surface area contributed by atoms with Gasteiger partial charge in [-0.15, -0.1) is 0 Å². The van der Waals surface area contributed by atoms with Crippen LogP contribution in [0.4, 0.5) is 0 Å². The molecule has 1 saturated carbocycles. The van der Waals surface area contributed by atoms with Crippen LogP contribution in [0.25, 0.3) is 0 Å². The molecule has 0 heterocycles. The third-order valence-electron chi connectivity index (χ3n) is 4.31. The molecule has 1 N–H and O–H groups in total. The highest BCUT2D eigenvalue weighted by atomic mass is 16.5. The van der Waals surface area contributed by atoms with E-state index in [-0.39, 0.29) is 0 Å². The number of rotatable bonds is 6. The lowest BCUT2D eigenvalue weighted by Crippen LogP contribution is -2.29. The van der Waals surface area contributed by atoms with Crippen LogP contribution in [-0.2, 0) is 5.41 Å². The summed E-state index contributed by atoms with van der Waals surface area (Å²) in [7, 11) is 1.78. The average molecular weight is 247 g/mol. The van der Waals surface area contributed by atoms with Crippen LogP contribution in [0.1, 0.15) is 37.8 Å². The van der Waals surface area contributed by atoms with Gasteiger partial charge in [0.25, 0.3) is 0 Å². The molecule has 0 aromatic heterocycles. The van der Waals surface area contributed by atoms with Crippen molar-refractivity contribution in [1.29, 1.82) is 0 Å². The van der Waals surface area contributed by atoms with Crippen LogP contribution >= 0.6 is 0 Å². The maximum absolute atomic E-state index is 5.57. The zero-order valence-electron chi connectivity index (χ0n) is 12.0. The number of methoxy groups -OCH3 is 1. The van der Waals surface area contributed by atoms with E-state index in [1.165, 1.54) is 24.0 Å². The molecule has 1 aromatic rings. The quantitative estimate of drug-likeness (QED) is 0.833. The minimum atomic E-state index is 0.308. The molecule has 2 heteroatoms. The summed E-state index contributed by atoms with van der Waals surface area (Å²) in [6.07, 6.45) is 2.54. The first-order valence-corrected chi connectivity index (χ1v) is 7.03. The van der Waals surface area contributed by atoms with E-state index in [9.17, 15) is 0 Å². The van der Waals surface area contributed by atoms with E-state index in [1.54, 1.807) is 7.11 Å². The standard InChI is InChI=1S/C16H25NO/c1-5-13-10-16(13,11-17-6-2)14-9-12(3)7-8-15(14)18-4/h7-9,13,17H,5-6,10-11H2,1-4H3. The topological polar surface area (TPSA) is 21.3 Å². The van der Waals surface area contributed by atoms with Crippen LogP contribution in [0, 0.1) is 12.8 Å². The van der Waals surface area contributed by atoms with Crippen LogP contribution in [0.3, 0.4) is 0 Å². The summed E-state index contributed by atoms with van der Waals surface area (Å²) in [6.45, 7) is 8.73. The van der Waals surface area contributed by atoms with E-state index in [0.29, 0.717) is 5.41 Å². The SMILES string of the molecule is CCNCC1(c2cc(C)ccc2OC)CC1CC. The van der Waals surface area contributed by atoms with E-state index >= 15 is 0 Å². The summed E-state index contributed by atoms with van der Waals surface area (Å²) in [5.41, 5.74) is 3.03. The molecule has 0 saturated heterocycles. The van der Waals surface area contributed by atoms with Gasteiger partial charge >= 0.3 is 0 Å². The fourth-order valence-corrected chi connectivity index (χ4v) is 3.12. The molecular formula is C16H25NO. The van der Waals surface area contributed by atoms with Crippen molar-refractivity contribution in [2.24, 2.45) is 5.92 Å². The van der Waals surface area contributed by atoms with Gasteiger partial charge in [0.1, 0.15) is 5.75 Å². The van der Waals surface area contributed by atoms with Crippen molar-refractivity contribution >= 4 is 0 Å². The number of ether oxygens (including phenoxy) is 1. The summed E-state index contributed by atoms with van der Waals surface area (Å²) < 4.78 is 5.57. The Balaban J connectivity index is 2.34. The molecule has 0 amide bonds. The summed E-state index contributed by atoms with van der Waals surface area (Å²) in [5.74, 6) is 1.85. The van der Waals surface area contributed by atoms with Crippen LogP contribution in [0.5, 0.6) is 5.75 Å². The van der Waals surface area contributed by atoms with E-state index in [4.69, 9.17) is 4.74 Å². The third-order valence-corrected chi connectivity index (χ3v) is 4.31. The van der Waals surface area contributed by atoms with Gasteiger partial charge in [-0.1, -0.05) is 38.0 Å².